The molecule has 5 atom stereocenters. The lowest BCUT2D eigenvalue weighted by atomic mass is 9.90. The standard InChI is InChI=1S/C27H29NO6/c1-15-12-19(18-4-3-5-20(13-18)27(33)28-2)10-11-21(15)16-6-8-17(9-7-16)26-25(32)24(31)23(30)22(14-29)34-26/h3-13,22-26,29-32H,14H2,1-2H3,(H,28,33)/t22-,23-,24+,25+,26-/m1/s1. The van der Waals surface area contributed by atoms with Gasteiger partial charge in [-0.15, -0.1) is 0 Å². The summed E-state index contributed by atoms with van der Waals surface area (Å²) in [6, 6.07) is 21.0. The lowest BCUT2D eigenvalue weighted by Gasteiger charge is -2.40. The Hall–Kier alpha value is -3.07. The van der Waals surface area contributed by atoms with Crippen LogP contribution in [-0.4, -0.2) is 64.4 Å². The van der Waals surface area contributed by atoms with Crippen LogP contribution in [0.25, 0.3) is 22.3 Å². The minimum Gasteiger partial charge on any atom is -0.394 e. The zero-order valence-electron chi connectivity index (χ0n) is 19.1. The second-order valence-electron chi connectivity index (χ2n) is 8.56. The summed E-state index contributed by atoms with van der Waals surface area (Å²) in [5, 5.41) is 42.5. The second kappa shape index (κ2) is 10.0. The highest BCUT2D eigenvalue weighted by Crippen LogP contribution is 2.34. The van der Waals surface area contributed by atoms with Crippen LogP contribution in [0.1, 0.15) is 27.6 Å². The van der Waals surface area contributed by atoms with Crippen molar-refractivity contribution in [1.29, 1.82) is 0 Å². The van der Waals surface area contributed by atoms with Crippen LogP contribution in [0.15, 0.2) is 66.7 Å². The Labute approximate surface area is 198 Å². The van der Waals surface area contributed by atoms with Crippen LogP contribution in [0.3, 0.4) is 0 Å². The van der Waals surface area contributed by atoms with E-state index in [-0.39, 0.29) is 5.91 Å². The van der Waals surface area contributed by atoms with Gasteiger partial charge in [-0.05, 0) is 52.4 Å². The fourth-order valence-electron chi connectivity index (χ4n) is 4.38. The molecule has 0 radical (unpaired) electrons. The zero-order valence-corrected chi connectivity index (χ0v) is 19.1. The molecule has 0 bridgehead atoms. The highest BCUT2D eigenvalue weighted by atomic mass is 16.5. The smallest absolute Gasteiger partial charge is 0.251 e. The monoisotopic (exact) mass is 463 g/mol. The molecule has 4 rings (SSSR count). The highest BCUT2D eigenvalue weighted by Gasteiger charge is 2.43. The Morgan fingerprint density at radius 3 is 2.21 bits per heavy atom. The number of hydrogen-bond acceptors (Lipinski definition) is 6. The third kappa shape index (κ3) is 4.61. The number of nitrogens with one attached hydrogen (secondary N) is 1. The molecule has 1 amide bonds. The van der Waals surface area contributed by atoms with Crippen molar-refractivity contribution in [1.82, 2.24) is 5.32 Å². The topological polar surface area (TPSA) is 119 Å². The number of hydrogen-bond donors (Lipinski definition) is 5. The second-order valence-corrected chi connectivity index (χ2v) is 8.56. The Kier molecular flexibility index (Phi) is 7.11. The molecule has 7 nitrogen and oxygen atoms in total. The predicted octanol–water partition coefficient (Wildman–Crippen LogP) is 2.20. The van der Waals surface area contributed by atoms with Crippen LogP contribution in [-0.2, 0) is 4.74 Å². The van der Waals surface area contributed by atoms with Gasteiger partial charge in [0.2, 0.25) is 0 Å². The summed E-state index contributed by atoms with van der Waals surface area (Å²) in [6.07, 6.45) is -5.91. The fraction of sp³-hybridized carbons (Fsp3) is 0.296. The number of carbonyl (C=O) groups excluding carboxylic acids is 1. The van der Waals surface area contributed by atoms with Gasteiger partial charge < -0.3 is 30.5 Å². The number of amides is 1. The van der Waals surface area contributed by atoms with Gasteiger partial charge in [0.25, 0.3) is 5.91 Å². The molecule has 34 heavy (non-hydrogen) atoms. The van der Waals surface area contributed by atoms with Crippen molar-refractivity contribution in [2.45, 2.75) is 37.4 Å². The summed E-state index contributed by atoms with van der Waals surface area (Å²) < 4.78 is 5.65. The zero-order chi connectivity index (χ0) is 24.4. The Balaban J connectivity index is 1.57. The quantitative estimate of drug-likeness (QED) is 0.396. The molecular formula is C27H29NO6. The Morgan fingerprint density at radius 2 is 1.56 bits per heavy atom. The molecule has 0 unspecified atom stereocenters. The molecule has 3 aromatic carbocycles. The summed E-state index contributed by atoms with van der Waals surface area (Å²) in [5.41, 5.74) is 6.26. The van der Waals surface area contributed by atoms with Crippen molar-refractivity contribution < 1.29 is 30.0 Å². The summed E-state index contributed by atoms with van der Waals surface area (Å²) in [7, 11) is 1.61. The molecule has 3 aromatic rings. The molecule has 0 aromatic heterocycles. The van der Waals surface area contributed by atoms with E-state index in [0.717, 1.165) is 27.8 Å². The number of aliphatic hydroxyl groups excluding tert-OH is 4. The molecule has 0 saturated carbocycles. The molecule has 1 heterocycles. The summed E-state index contributed by atoms with van der Waals surface area (Å²) >= 11 is 0. The van der Waals surface area contributed by atoms with Crippen LogP contribution in [0.5, 0.6) is 0 Å². The molecule has 5 N–H and O–H groups in total. The molecule has 1 fully saturated rings. The third-order valence-electron chi connectivity index (χ3n) is 6.35. The third-order valence-corrected chi connectivity index (χ3v) is 6.35. The number of aliphatic hydroxyl groups is 4. The average molecular weight is 464 g/mol. The summed E-state index contributed by atoms with van der Waals surface area (Å²) in [6.45, 7) is 1.56. The van der Waals surface area contributed by atoms with Crippen LogP contribution < -0.4 is 5.32 Å². The van der Waals surface area contributed by atoms with Gasteiger partial charge in [0.1, 0.15) is 30.5 Å². The van der Waals surface area contributed by atoms with Gasteiger partial charge in [-0.2, -0.15) is 0 Å². The maximum Gasteiger partial charge on any atom is 0.251 e. The van der Waals surface area contributed by atoms with E-state index in [1.54, 1.807) is 13.1 Å². The van der Waals surface area contributed by atoms with E-state index in [4.69, 9.17) is 4.74 Å². The van der Waals surface area contributed by atoms with Crippen LogP contribution in [0, 0.1) is 6.92 Å². The van der Waals surface area contributed by atoms with Gasteiger partial charge in [-0.3, -0.25) is 4.79 Å². The molecule has 1 saturated heterocycles. The van der Waals surface area contributed by atoms with E-state index in [1.165, 1.54) is 0 Å². The van der Waals surface area contributed by atoms with Crippen molar-refractivity contribution in [2.24, 2.45) is 0 Å². The maximum absolute atomic E-state index is 12.0. The van der Waals surface area contributed by atoms with E-state index < -0.39 is 37.1 Å². The number of rotatable bonds is 5. The van der Waals surface area contributed by atoms with Crippen LogP contribution in [0.2, 0.25) is 0 Å². The fourth-order valence-corrected chi connectivity index (χ4v) is 4.38. The number of benzene rings is 3. The predicted molar refractivity (Wildman–Crippen MR) is 128 cm³/mol. The summed E-state index contributed by atoms with van der Waals surface area (Å²) in [4.78, 5) is 12.0. The molecule has 1 aliphatic heterocycles. The van der Waals surface area contributed by atoms with E-state index in [2.05, 4.69) is 11.4 Å². The van der Waals surface area contributed by atoms with Gasteiger partial charge in [0, 0.05) is 12.6 Å². The Morgan fingerprint density at radius 1 is 0.882 bits per heavy atom. The molecule has 0 aliphatic carbocycles. The van der Waals surface area contributed by atoms with Crippen molar-refractivity contribution in [3.05, 3.63) is 83.4 Å². The van der Waals surface area contributed by atoms with Crippen LogP contribution >= 0.6 is 0 Å². The molecule has 1 aliphatic rings. The van der Waals surface area contributed by atoms with E-state index >= 15 is 0 Å². The number of ether oxygens (including phenoxy) is 1. The number of aryl methyl sites for hydroxylation is 1. The lowest BCUT2D eigenvalue weighted by Crippen LogP contribution is -2.55. The first-order valence-corrected chi connectivity index (χ1v) is 11.2. The first-order valence-electron chi connectivity index (χ1n) is 11.2. The van der Waals surface area contributed by atoms with Crippen molar-refractivity contribution in [3.63, 3.8) is 0 Å². The van der Waals surface area contributed by atoms with Crippen LogP contribution in [0.4, 0.5) is 0 Å². The van der Waals surface area contributed by atoms with Crippen molar-refractivity contribution in [3.8, 4) is 22.3 Å². The average Bonchev–Trinajstić information content (AvgIpc) is 2.87. The summed E-state index contributed by atoms with van der Waals surface area (Å²) in [5.74, 6) is -0.130. The Bertz CT molecular complexity index is 1160. The van der Waals surface area contributed by atoms with Gasteiger partial charge in [0.05, 0.1) is 6.61 Å². The minimum atomic E-state index is -1.41. The minimum absolute atomic E-state index is 0.130. The van der Waals surface area contributed by atoms with Gasteiger partial charge in [0.15, 0.2) is 0 Å². The van der Waals surface area contributed by atoms with E-state index in [1.807, 2.05) is 61.5 Å². The molecular weight excluding hydrogens is 434 g/mol. The molecule has 178 valence electrons. The van der Waals surface area contributed by atoms with E-state index in [0.29, 0.717) is 11.1 Å². The van der Waals surface area contributed by atoms with Crippen molar-refractivity contribution in [2.75, 3.05) is 13.7 Å². The first kappa shape index (κ1) is 24.1. The highest BCUT2D eigenvalue weighted by molar-refractivity contribution is 5.95. The van der Waals surface area contributed by atoms with E-state index in [9.17, 15) is 25.2 Å². The van der Waals surface area contributed by atoms with Gasteiger partial charge in [-0.25, -0.2) is 0 Å². The van der Waals surface area contributed by atoms with Gasteiger partial charge in [-0.1, -0.05) is 54.6 Å². The molecule has 0 spiro atoms. The normalized spacial score (nSPS) is 24.6. The van der Waals surface area contributed by atoms with Gasteiger partial charge >= 0.3 is 0 Å². The van der Waals surface area contributed by atoms with Crippen molar-refractivity contribution >= 4 is 5.91 Å². The molecule has 7 heteroatoms. The maximum atomic E-state index is 12.0. The SMILES string of the molecule is CNC(=O)c1cccc(-c2ccc(-c3ccc([C@H]4O[C@H](CO)[C@@H](O)[C@H](O)[C@@H]4O)cc3)c(C)c2)c1. The first-order chi connectivity index (χ1) is 16.3. The largest absolute Gasteiger partial charge is 0.394 e. The number of carbonyl (C=O) groups is 1. The lowest BCUT2D eigenvalue weighted by molar-refractivity contribution is -0.231.